The third kappa shape index (κ3) is 3.32. The summed E-state index contributed by atoms with van der Waals surface area (Å²) in [5.41, 5.74) is 1.67. The van der Waals surface area contributed by atoms with E-state index in [1.54, 1.807) is 11.7 Å². The highest BCUT2D eigenvalue weighted by atomic mass is 32.1. The number of halogens is 2. The molecule has 0 saturated carbocycles. The summed E-state index contributed by atoms with van der Waals surface area (Å²) in [5, 5.41) is 12.7. The fourth-order valence-electron chi connectivity index (χ4n) is 1.54. The summed E-state index contributed by atoms with van der Waals surface area (Å²) in [7, 11) is 0. The van der Waals surface area contributed by atoms with Gasteiger partial charge in [-0.3, -0.25) is 4.98 Å². The third-order valence-corrected chi connectivity index (χ3v) is 3.22. The smallest absolute Gasteiger partial charge is 0.129 e. The van der Waals surface area contributed by atoms with Gasteiger partial charge in [-0.15, -0.1) is 11.3 Å². The van der Waals surface area contributed by atoms with Crippen LogP contribution in [0.4, 0.5) is 8.78 Å². The standard InChI is InChI=1S/C12H12F2N2OS/c13-8-1-2-11(14)10(3-8)12(17)6-15-4-9-5-16-7-18-9/h1-3,5,7,12,15,17H,4,6H2. The summed E-state index contributed by atoms with van der Waals surface area (Å²) in [6.45, 7) is 0.691. The van der Waals surface area contributed by atoms with E-state index in [-0.39, 0.29) is 12.1 Å². The van der Waals surface area contributed by atoms with Gasteiger partial charge in [-0.05, 0) is 18.2 Å². The Morgan fingerprint density at radius 3 is 2.94 bits per heavy atom. The molecule has 0 radical (unpaired) electrons. The average Bonchev–Trinajstić information content (AvgIpc) is 2.85. The number of rotatable bonds is 5. The number of aliphatic hydroxyl groups is 1. The summed E-state index contributed by atoms with van der Waals surface area (Å²) in [6.07, 6.45) is 0.640. The van der Waals surface area contributed by atoms with Crippen LogP contribution < -0.4 is 5.32 Å². The van der Waals surface area contributed by atoms with Crippen LogP contribution >= 0.6 is 11.3 Å². The maximum Gasteiger partial charge on any atom is 0.129 e. The van der Waals surface area contributed by atoms with Crippen LogP contribution in [0.15, 0.2) is 29.9 Å². The predicted octanol–water partition coefficient (Wildman–Crippen LogP) is 2.24. The molecule has 6 heteroatoms. The summed E-state index contributed by atoms with van der Waals surface area (Å²) in [5.74, 6) is -1.17. The van der Waals surface area contributed by atoms with Gasteiger partial charge in [0.1, 0.15) is 11.6 Å². The van der Waals surface area contributed by atoms with Crippen molar-refractivity contribution in [2.24, 2.45) is 0 Å². The summed E-state index contributed by atoms with van der Waals surface area (Å²) in [6, 6.07) is 3.04. The van der Waals surface area contributed by atoms with Crippen molar-refractivity contribution in [2.75, 3.05) is 6.54 Å². The van der Waals surface area contributed by atoms with Crippen LogP contribution in [0.5, 0.6) is 0 Å². The van der Waals surface area contributed by atoms with Gasteiger partial charge in [0.2, 0.25) is 0 Å². The number of nitrogens with one attached hydrogen (secondary N) is 1. The highest BCUT2D eigenvalue weighted by Gasteiger charge is 2.13. The molecule has 0 amide bonds. The van der Waals surface area contributed by atoms with Crippen molar-refractivity contribution in [3.63, 3.8) is 0 Å². The van der Waals surface area contributed by atoms with Crippen molar-refractivity contribution >= 4 is 11.3 Å². The highest BCUT2D eigenvalue weighted by molar-refractivity contribution is 7.09. The molecule has 0 saturated heterocycles. The molecular formula is C12H12F2N2OS. The zero-order valence-corrected chi connectivity index (χ0v) is 10.3. The largest absolute Gasteiger partial charge is 0.387 e. The molecule has 1 heterocycles. The lowest BCUT2D eigenvalue weighted by Crippen LogP contribution is -2.21. The lowest BCUT2D eigenvalue weighted by Gasteiger charge is -2.12. The number of thiazole rings is 1. The Morgan fingerprint density at radius 2 is 2.22 bits per heavy atom. The second kappa shape index (κ2) is 5.99. The molecule has 1 aromatic heterocycles. The molecule has 0 aliphatic rings. The normalized spacial score (nSPS) is 12.6. The van der Waals surface area contributed by atoms with Crippen molar-refractivity contribution in [3.8, 4) is 0 Å². The number of nitrogens with zero attached hydrogens (tertiary/aromatic N) is 1. The van der Waals surface area contributed by atoms with Gasteiger partial charge in [0.25, 0.3) is 0 Å². The predicted molar refractivity (Wildman–Crippen MR) is 65.1 cm³/mol. The van der Waals surface area contributed by atoms with Crippen molar-refractivity contribution in [1.82, 2.24) is 10.3 Å². The number of hydrogen-bond donors (Lipinski definition) is 2. The molecule has 2 rings (SSSR count). The highest BCUT2D eigenvalue weighted by Crippen LogP contribution is 2.17. The van der Waals surface area contributed by atoms with Gasteiger partial charge in [-0.1, -0.05) is 0 Å². The number of aromatic nitrogens is 1. The van der Waals surface area contributed by atoms with Gasteiger partial charge in [0.05, 0.1) is 11.6 Å². The second-order valence-corrected chi connectivity index (χ2v) is 4.75. The number of benzene rings is 1. The molecule has 0 spiro atoms. The van der Waals surface area contributed by atoms with Gasteiger partial charge in [-0.2, -0.15) is 0 Å². The summed E-state index contributed by atoms with van der Waals surface area (Å²) < 4.78 is 26.3. The van der Waals surface area contributed by atoms with E-state index in [0.29, 0.717) is 6.54 Å². The van der Waals surface area contributed by atoms with E-state index in [2.05, 4.69) is 10.3 Å². The fraction of sp³-hybridized carbons (Fsp3) is 0.250. The molecule has 1 unspecified atom stereocenters. The minimum Gasteiger partial charge on any atom is -0.387 e. The van der Waals surface area contributed by atoms with Crippen LogP contribution in [0.3, 0.4) is 0 Å². The Hall–Kier alpha value is -1.37. The second-order valence-electron chi connectivity index (χ2n) is 3.78. The molecule has 3 nitrogen and oxygen atoms in total. The van der Waals surface area contributed by atoms with Gasteiger partial charge in [-0.25, -0.2) is 8.78 Å². The van der Waals surface area contributed by atoms with E-state index in [4.69, 9.17) is 0 Å². The van der Waals surface area contributed by atoms with E-state index in [0.717, 1.165) is 23.1 Å². The van der Waals surface area contributed by atoms with Crippen molar-refractivity contribution < 1.29 is 13.9 Å². The molecular weight excluding hydrogens is 258 g/mol. The van der Waals surface area contributed by atoms with Crippen LogP contribution in [0.25, 0.3) is 0 Å². The zero-order valence-electron chi connectivity index (χ0n) is 9.44. The lowest BCUT2D eigenvalue weighted by molar-refractivity contribution is 0.169. The molecule has 96 valence electrons. The maximum atomic E-state index is 13.4. The van der Waals surface area contributed by atoms with Crippen LogP contribution in [0.1, 0.15) is 16.5 Å². The first-order valence-electron chi connectivity index (χ1n) is 5.38. The van der Waals surface area contributed by atoms with Gasteiger partial charge in [0, 0.05) is 29.7 Å². The van der Waals surface area contributed by atoms with Gasteiger partial charge in [0.15, 0.2) is 0 Å². The first-order chi connectivity index (χ1) is 8.66. The maximum absolute atomic E-state index is 13.4. The van der Waals surface area contributed by atoms with Crippen LogP contribution in [0, 0.1) is 11.6 Å². The minimum atomic E-state index is -1.08. The Kier molecular flexibility index (Phi) is 4.35. The van der Waals surface area contributed by atoms with E-state index in [9.17, 15) is 13.9 Å². The monoisotopic (exact) mass is 270 g/mol. The number of aliphatic hydroxyl groups excluding tert-OH is 1. The van der Waals surface area contributed by atoms with E-state index in [1.165, 1.54) is 11.3 Å². The van der Waals surface area contributed by atoms with Crippen LogP contribution in [0.2, 0.25) is 0 Å². The fourth-order valence-corrected chi connectivity index (χ4v) is 2.11. The summed E-state index contributed by atoms with van der Waals surface area (Å²) in [4.78, 5) is 4.93. The van der Waals surface area contributed by atoms with Gasteiger partial charge < -0.3 is 10.4 Å². The molecule has 18 heavy (non-hydrogen) atoms. The Labute approximate surface area is 107 Å². The lowest BCUT2D eigenvalue weighted by atomic mass is 10.1. The molecule has 2 aromatic rings. The minimum absolute atomic E-state index is 0.0354. The van der Waals surface area contributed by atoms with Crippen molar-refractivity contribution in [2.45, 2.75) is 12.6 Å². The van der Waals surface area contributed by atoms with Crippen LogP contribution in [-0.2, 0) is 6.54 Å². The molecule has 0 aliphatic heterocycles. The summed E-state index contributed by atoms with van der Waals surface area (Å²) >= 11 is 1.49. The van der Waals surface area contributed by atoms with Crippen molar-refractivity contribution in [1.29, 1.82) is 0 Å². The van der Waals surface area contributed by atoms with E-state index >= 15 is 0 Å². The molecule has 1 atom stereocenters. The SMILES string of the molecule is OC(CNCc1cncs1)c1cc(F)ccc1F. The van der Waals surface area contributed by atoms with Gasteiger partial charge >= 0.3 is 0 Å². The van der Waals surface area contributed by atoms with E-state index < -0.39 is 17.7 Å². The van der Waals surface area contributed by atoms with E-state index in [1.807, 2.05) is 0 Å². The average molecular weight is 270 g/mol. The van der Waals surface area contributed by atoms with Crippen molar-refractivity contribution in [3.05, 3.63) is 52.0 Å². The topological polar surface area (TPSA) is 45.1 Å². The molecule has 2 N–H and O–H groups in total. The Balaban J connectivity index is 1.91. The zero-order chi connectivity index (χ0) is 13.0. The Morgan fingerprint density at radius 1 is 1.39 bits per heavy atom. The first kappa shape index (κ1) is 13.1. The number of hydrogen-bond acceptors (Lipinski definition) is 4. The Bertz CT molecular complexity index is 505. The van der Waals surface area contributed by atoms with Crippen LogP contribution in [-0.4, -0.2) is 16.6 Å². The third-order valence-electron chi connectivity index (χ3n) is 2.44. The first-order valence-corrected chi connectivity index (χ1v) is 6.26. The molecule has 0 bridgehead atoms. The molecule has 1 aromatic carbocycles. The molecule has 0 aliphatic carbocycles. The molecule has 0 fully saturated rings. The quantitative estimate of drug-likeness (QED) is 0.876.